The summed E-state index contributed by atoms with van der Waals surface area (Å²) < 4.78 is 15.8. The van der Waals surface area contributed by atoms with Gasteiger partial charge in [-0.05, 0) is 47.5 Å². The minimum absolute atomic E-state index is 0.231. The van der Waals surface area contributed by atoms with Crippen molar-refractivity contribution >= 4 is 23.6 Å². The molecule has 1 aliphatic heterocycles. The van der Waals surface area contributed by atoms with Crippen molar-refractivity contribution in [2.45, 2.75) is 18.7 Å². The number of nitrogens with one attached hydrogen (secondary N) is 2. The van der Waals surface area contributed by atoms with Crippen LogP contribution in [0.25, 0.3) is 0 Å². The number of rotatable bonds is 10. The molecular formula is C28H29N3O6. The number of methoxy groups -OCH3 is 2. The predicted octanol–water partition coefficient (Wildman–Crippen LogP) is 3.77. The Bertz CT molecular complexity index is 1210. The maximum absolute atomic E-state index is 13.2. The summed E-state index contributed by atoms with van der Waals surface area (Å²) in [5.41, 5.74) is 2.57. The van der Waals surface area contributed by atoms with Crippen molar-refractivity contribution in [1.29, 1.82) is 0 Å². The van der Waals surface area contributed by atoms with Crippen LogP contribution in [0.15, 0.2) is 78.9 Å². The molecule has 0 spiro atoms. The van der Waals surface area contributed by atoms with Gasteiger partial charge in [-0.15, -0.1) is 0 Å². The molecule has 3 amide bonds. The van der Waals surface area contributed by atoms with E-state index in [-0.39, 0.29) is 18.4 Å². The van der Waals surface area contributed by atoms with Crippen molar-refractivity contribution in [2.24, 2.45) is 0 Å². The standard InChI is InChI=1S/C28H29N3O6/c1-35-17-16-29-27(33)24-25(37-28(34)31(24)18-19-6-4-3-5-7-19)20-8-12-22(13-9-20)30-26(32)21-10-14-23(36-2)15-11-21/h3-15,24-25H,16-18H2,1-2H3,(H,29,33)(H,30,32). The molecule has 9 nitrogen and oxygen atoms in total. The fraction of sp³-hybridized carbons (Fsp3) is 0.250. The molecule has 0 aromatic heterocycles. The molecule has 9 heteroatoms. The van der Waals surface area contributed by atoms with Gasteiger partial charge < -0.3 is 24.8 Å². The quantitative estimate of drug-likeness (QED) is 0.408. The highest BCUT2D eigenvalue weighted by atomic mass is 16.6. The van der Waals surface area contributed by atoms with Gasteiger partial charge in [0.15, 0.2) is 12.1 Å². The lowest BCUT2D eigenvalue weighted by molar-refractivity contribution is -0.126. The SMILES string of the molecule is COCCNC(=O)C1C(c2ccc(NC(=O)c3ccc(OC)cc3)cc2)OC(=O)N1Cc1ccccc1. The number of amides is 3. The van der Waals surface area contributed by atoms with Crippen molar-refractivity contribution in [2.75, 3.05) is 32.7 Å². The summed E-state index contributed by atoms with van der Waals surface area (Å²) in [6.45, 7) is 0.885. The lowest BCUT2D eigenvalue weighted by Crippen LogP contribution is -2.46. The van der Waals surface area contributed by atoms with E-state index in [1.54, 1.807) is 62.8 Å². The number of cyclic esters (lactones) is 1. The number of hydrogen-bond acceptors (Lipinski definition) is 6. The lowest BCUT2D eigenvalue weighted by Gasteiger charge is -2.24. The van der Waals surface area contributed by atoms with Gasteiger partial charge in [-0.1, -0.05) is 42.5 Å². The third-order valence-corrected chi connectivity index (χ3v) is 6.00. The Hall–Kier alpha value is -4.37. The molecule has 1 heterocycles. The maximum Gasteiger partial charge on any atom is 0.411 e. The number of carbonyl (C=O) groups is 3. The van der Waals surface area contributed by atoms with Gasteiger partial charge in [0.05, 0.1) is 20.3 Å². The summed E-state index contributed by atoms with van der Waals surface area (Å²) in [5, 5.41) is 5.66. The fourth-order valence-electron chi connectivity index (χ4n) is 4.07. The summed E-state index contributed by atoms with van der Waals surface area (Å²) in [6, 6.07) is 22.2. The van der Waals surface area contributed by atoms with E-state index in [9.17, 15) is 14.4 Å². The maximum atomic E-state index is 13.2. The molecule has 1 aliphatic rings. The van der Waals surface area contributed by atoms with E-state index in [1.165, 1.54) is 4.90 Å². The molecule has 2 unspecified atom stereocenters. The molecule has 1 saturated heterocycles. The molecule has 3 aromatic rings. The number of hydrogen-bond donors (Lipinski definition) is 2. The van der Waals surface area contributed by atoms with E-state index in [0.717, 1.165) is 5.56 Å². The Morgan fingerprint density at radius 2 is 1.65 bits per heavy atom. The smallest absolute Gasteiger partial charge is 0.411 e. The highest BCUT2D eigenvalue weighted by molar-refractivity contribution is 6.04. The molecule has 2 N–H and O–H groups in total. The van der Waals surface area contributed by atoms with Crippen LogP contribution in [-0.4, -0.2) is 56.2 Å². The third-order valence-electron chi connectivity index (χ3n) is 6.00. The van der Waals surface area contributed by atoms with Gasteiger partial charge in [0.25, 0.3) is 5.91 Å². The summed E-state index contributed by atoms with van der Waals surface area (Å²) in [4.78, 5) is 40.0. The first kappa shape index (κ1) is 25.7. The average Bonchev–Trinajstić information content (AvgIpc) is 3.25. The first-order valence-corrected chi connectivity index (χ1v) is 11.8. The zero-order valence-corrected chi connectivity index (χ0v) is 20.7. The molecule has 4 rings (SSSR count). The largest absolute Gasteiger partial charge is 0.497 e. The Morgan fingerprint density at radius 3 is 2.30 bits per heavy atom. The van der Waals surface area contributed by atoms with E-state index in [0.29, 0.717) is 35.7 Å². The zero-order chi connectivity index (χ0) is 26.2. The molecule has 0 bridgehead atoms. The van der Waals surface area contributed by atoms with Crippen molar-refractivity contribution in [3.63, 3.8) is 0 Å². The van der Waals surface area contributed by atoms with E-state index < -0.39 is 18.2 Å². The average molecular weight is 504 g/mol. The lowest BCUT2D eigenvalue weighted by atomic mass is 10.00. The number of ether oxygens (including phenoxy) is 3. The van der Waals surface area contributed by atoms with Crippen LogP contribution in [0, 0.1) is 0 Å². The number of anilines is 1. The minimum atomic E-state index is -0.871. The van der Waals surface area contributed by atoms with Gasteiger partial charge >= 0.3 is 6.09 Å². The summed E-state index contributed by atoms with van der Waals surface area (Å²) in [6.07, 6.45) is -1.39. The molecule has 192 valence electrons. The van der Waals surface area contributed by atoms with Crippen LogP contribution in [-0.2, 0) is 20.8 Å². The second-order valence-electron chi connectivity index (χ2n) is 8.45. The van der Waals surface area contributed by atoms with Crippen LogP contribution < -0.4 is 15.4 Å². The van der Waals surface area contributed by atoms with Crippen LogP contribution in [0.3, 0.4) is 0 Å². The fourth-order valence-corrected chi connectivity index (χ4v) is 4.07. The van der Waals surface area contributed by atoms with Crippen LogP contribution in [0.5, 0.6) is 5.75 Å². The van der Waals surface area contributed by atoms with E-state index in [1.807, 2.05) is 30.3 Å². The first-order valence-electron chi connectivity index (χ1n) is 11.8. The Kier molecular flexibility index (Phi) is 8.37. The Labute approximate surface area is 215 Å². The predicted molar refractivity (Wildman–Crippen MR) is 137 cm³/mol. The summed E-state index contributed by atoms with van der Waals surface area (Å²) in [7, 11) is 3.11. The highest BCUT2D eigenvalue weighted by Gasteiger charge is 2.46. The number of nitrogens with zero attached hydrogens (tertiary/aromatic N) is 1. The second kappa shape index (κ2) is 12.0. The van der Waals surface area contributed by atoms with Gasteiger partial charge in [0, 0.05) is 24.9 Å². The van der Waals surface area contributed by atoms with Crippen LogP contribution in [0.2, 0.25) is 0 Å². The molecule has 2 atom stereocenters. The van der Waals surface area contributed by atoms with Crippen molar-refractivity contribution in [1.82, 2.24) is 10.2 Å². The van der Waals surface area contributed by atoms with Crippen molar-refractivity contribution in [3.05, 3.63) is 95.6 Å². The molecule has 37 heavy (non-hydrogen) atoms. The van der Waals surface area contributed by atoms with Gasteiger partial charge in [0.2, 0.25) is 5.91 Å². The summed E-state index contributed by atoms with van der Waals surface area (Å²) >= 11 is 0. The zero-order valence-electron chi connectivity index (χ0n) is 20.7. The first-order chi connectivity index (χ1) is 18.0. The van der Waals surface area contributed by atoms with Crippen molar-refractivity contribution < 1.29 is 28.6 Å². The molecule has 0 saturated carbocycles. The van der Waals surface area contributed by atoms with Gasteiger partial charge in [-0.2, -0.15) is 0 Å². The van der Waals surface area contributed by atoms with Crippen LogP contribution in [0.4, 0.5) is 10.5 Å². The van der Waals surface area contributed by atoms with E-state index in [4.69, 9.17) is 14.2 Å². The van der Waals surface area contributed by atoms with Gasteiger partial charge in [-0.3, -0.25) is 14.5 Å². The van der Waals surface area contributed by atoms with Gasteiger partial charge in [-0.25, -0.2) is 4.79 Å². The monoisotopic (exact) mass is 503 g/mol. The Balaban J connectivity index is 1.51. The molecule has 0 aliphatic carbocycles. The number of benzene rings is 3. The molecular weight excluding hydrogens is 474 g/mol. The normalized spacial score (nSPS) is 16.7. The minimum Gasteiger partial charge on any atom is -0.497 e. The van der Waals surface area contributed by atoms with Gasteiger partial charge in [0.1, 0.15) is 5.75 Å². The van der Waals surface area contributed by atoms with E-state index in [2.05, 4.69) is 10.6 Å². The van der Waals surface area contributed by atoms with Crippen LogP contribution in [0.1, 0.15) is 27.6 Å². The molecule has 0 radical (unpaired) electrons. The van der Waals surface area contributed by atoms with E-state index >= 15 is 0 Å². The van der Waals surface area contributed by atoms with Crippen molar-refractivity contribution in [3.8, 4) is 5.75 Å². The number of carbonyl (C=O) groups excluding carboxylic acids is 3. The topological polar surface area (TPSA) is 106 Å². The second-order valence-corrected chi connectivity index (χ2v) is 8.45. The molecule has 1 fully saturated rings. The highest BCUT2D eigenvalue weighted by Crippen LogP contribution is 2.34. The molecule has 3 aromatic carbocycles. The summed E-state index contributed by atoms with van der Waals surface area (Å²) in [5.74, 6) is 0.0574. The third kappa shape index (κ3) is 6.25. The van der Waals surface area contributed by atoms with Crippen LogP contribution >= 0.6 is 0 Å². The Morgan fingerprint density at radius 1 is 0.946 bits per heavy atom.